The molecule has 0 atom stereocenters. The van der Waals surface area contributed by atoms with E-state index >= 15 is 0 Å². The first-order chi connectivity index (χ1) is 10.0. The van der Waals surface area contributed by atoms with Gasteiger partial charge in [0.2, 0.25) is 10.0 Å². The van der Waals surface area contributed by atoms with Crippen LogP contribution in [0, 0.1) is 11.3 Å². The molecule has 1 aromatic heterocycles. The molecular weight excluding hydrogens is 288 g/mol. The number of nitrogens with zero attached hydrogens (tertiary/aromatic N) is 3. The monoisotopic (exact) mass is 304 g/mol. The molecule has 0 radical (unpaired) electrons. The van der Waals surface area contributed by atoms with E-state index in [1.54, 1.807) is 35.1 Å². The number of aromatic nitrogens is 2. The van der Waals surface area contributed by atoms with E-state index in [0.717, 1.165) is 5.69 Å². The van der Waals surface area contributed by atoms with Gasteiger partial charge in [-0.05, 0) is 17.7 Å². The number of benzene rings is 1. The average Bonchev–Trinajstić information content (AvgIpc) is 2.84. The van der Waals surface area contributed by atoms with E-state index < -0.39 is 10.0 Å². The van der Waals surface area contributed by atoms with Gasteiger partial charge in [0, 0.05) is 31.9 Å². The van der Waals surface area contributed by atoms with E-state index in [1.807, 2.05) is 19.2 Å². The molecule has 0 saturated heterocycles. The van der Waals surface area contributed by atoms with Crippen molar-refractivity contribution in [2.24, 2.45) is 7.05 Å². The summed E-state index contributed by atoms with van der Waals surface area (Å²) >= 11 is 0. The first-order valence-corrected chi connectivity index (χ1v) is 8.09. The number of hydrogen-bond acceptors (Lipinski definition) is 4. The van der Waals surface area contributed by atoms with E-state index in [0.29, 0.717) is 24.1 Å². The molecule has 2 aromatic rings. The third-order valence-electron chi connectivity index (χ3n) is 3.11. The fourth-order valence-corrected chi connectivity index (χ4v) is 3.17. The molecule has 0 spiro atoms. The van der Waals surface area contributed by atoms with Gasteiger partial charge < -0.3 is 0 Å². The topological polar surface area (TPSA) is 87.8 Å². The molecule has 0 bridgehead atoms. The average molecular weight is 304 g/mol. The maximum absolute atomic E-state index is 12.0. The number of nitrogens with one attached hydrogen (secondary N) is 1. The standard InChI is InChI=1S/C14H16N4O2S/c1-18-14(6-8-16-18)7-9-17-21(19,20)11-13-5-3-2-4-12(13)10-15/h2-6,8,17H,7,9,11H2,1H3. The lowest BCUT2D eigenvalue weighted by Crippen LogP contribution is -2.28. The summed E-state index contributed by atoms with van der Waals surface area (Å²) in [5.41, 5.74) is 1.85. The summed E-state index contributed by atoms with van der Waals surface area (Å²) in [6.07, 6.45) is 2.24. The molecule has 21 heavy (non-hydrogen) atoms. The van der Waals surface area contributed by atoms with Crippen molar-refractivity contribution in [2.45, 2.75) is 12.2 Å². The quantitative estimate of drug-likeness (QED) is 0.861. The lowest BCUT2D eigenvalue weighted by atomic mass is 10.1. The summed E-state index contributed by atoms with van der Waals surface area (Å²) in [6, 6.07) is 10.5. The van der Waals surface area contributed by atoms with Crippen LogP contribution >= 0.6 is 0 Å². The molecule has 7 heteroatoms. The molecule has 0 aliphatic rings. The van der Waals surface area contributed by atoms with Crippen LogP contribution in [0.4, 0.5) is 0 Å². The highest BCUT2D eigenvalue weighted by atomic mass is 32.2. The molecule has 1 heterocycles. The van der Waals surface area contributed by atoms with Gasteiger partial charge in [0.05, 0.1) is 17.4 Å². The van der Waals surface area contributed by atoms with Crippen LogP contribution in [-0.4, -0.2) is 24.7 Å². The minimum Gasteiger partial charge on any atom is -0.273 e. The highest BCUT2D eigenvalue weighted by molar-refractivity contribution is 7.88. The zero-order valence-electron chi connectivity index (χ0n) is 11.7. The van der Waals surface area contributed by atoms with E-state index in [-0.39, 0.29) is 5.75 Å². The van der Waals surface area contributed by atoms with E-state index in [4.69, 9.17) is 5.26 Å². The van der Waals surface area contributed by atoms with Crippen molar-refractivity contribution in [3.05, 3.63) is 53.3 Å². The molecule has 1 N–H and O–H groups in total. The molecule has 0 amide bonds. The van der Waals surface area contributed by atoms with Gasteiger partial charge in [-0.1, -0.05) is 18.2 Å². The Morgan fingerprint density at radius 3 is 2.76 bits per heavy atom. The Morgan fingerprint density at radius 1 is 1.33 bits per heavy atom. The highest BCUT2D eigenvalue weighted by Gasteiger charge is 2.13. The van der Waals surface area contributed by atoms with Gasteiger partial charge in [0.15, 0.2) is 0 Å². The van der Waals surface area contributed by atoms with Crippen molar-refractivity contribution in [3.8, 4) is 6.07 Å². The summed E-state index contributed by atoms with van der Waals surface area (Å²) in [6.45, 7) is 0.302. The molecule has 0 fully saturated rings. The second-order valence-corrected chi connectivity index (χ2v) is 6.43. The maximum atomic E-state index is 12.0. The molecular formula is C14H16N4O2S. The van der Waals surface area contributed by atoms with Crippen LogP contribution < -0.4 is 4.72 Å². The first kappa shape index (κ1) is 15.2. The van der Waals surface area contributed by atoms with Crippen LogP contribution in [-0.2, 0) is 29.2 Å². The highest BCUT2D eigenvalue weighted by Crippen LogP contribution is 2.10. The molecule has 1 aromatic carbocycles. The summed E-state index contributed by atoms with van der Waals surface area (Å²) in [5, 5.41) is 13.0. The van der Waals surface area contributed by atoms with Gasteiger partial charge >= 0.3 is 0 Å². The summed E-state index contributed by atoms with van der Waals surface area (Å²) in [7, 11) is -1.65. The second kappa shape index (κ2) is 6.52. The van der Waals surface area contributed by atoms with Crippen molar-refractivity contribution in [3.63, 3.8) is 0 Å². The zero-order chi connectivity index (χ0) is 15.3. The van der Waals surface area contributed by atoms with Crippen molar-refractivity contribution in [1.82, 2.24) is 14.5 Å². The van der Waals surface area contributed by atoms with Gasteiger partial charge in [0.1, 0.15) is 0 Å². The molecule has 0 unspecified atom stereocenters. The molecule has 0 aliphatic carbocycles. The van der Waals surface area contributed by atoms with Crippen LogP contribution in [0.2, 0.25) is 0 Å². The fourth-order valence-electron chi connectivity index (χ4n) is 1.99. The minimum atomic E-state index is -3.46. The van der Waals surface area contributed by atoms with Gasteiger partial charge in [-0.25, -0.2) is 13.1 Å². The van der Waals surface area contributed by atoms with E-state index in [2.05, 4.69) is 9.82 Å². The Morgan fingerprint density at radius 2 is 2.10 bits per heavy atom. The maximum Gasteiger partial charge on any atom is 0.215 e. The van der Waals surface area contributed by atoms with Crippen LogP contribution in [0.3, 0.4) is 0 Å². The van der Waals surface area contributed by atoms with Gasteiger partial charge in [0.25, 0.3) is 0 Å². The van der Waals surface area contributed by atoms with E-state index in [1.165, 1.54) is 0 Å². The molecule has 2 rings (SSSR count). The Bertz CT molecular complexity index is 759. The Kier molecular flexibility index (Phi) is 4.73. The van der Waals surface area contributed by atoms with Crippen molar-refractivity contribution >= 4 is 10.0 Å². The lowest BCUT2D eigenvalue weighted by molar-refractivity contribution is 0.579. The Balaban J connectivity index is 1.96. The van der Waals surface area contributed by atoms with Gasteiger partial charge in [-0.2, -0.15) is 10.4 Å². The lowest BCUT2D eigenvalue weighted by Gasteiger charge is -2.08. The third kappa shape index (κ3) is 4.15. The van der Waals surface area contributed by atoms with Crippen molar-refractivity contribution in [2.75, 3.05) is 6.54 Å². The minimum absolute atomic E-state index is 0.192. The third-order valence-corrected chi connectivity index (χ3v) is 4.44. The van der Waals surface area contributed by atoms with Gasteiger partial charge in [-0.15, -0.1) is 0 Å². The number of rotatable bonds is 6. The Labute approximate surface area is 124 Å². The van der Waals surface area contributed by atoms with Crippen LogP contribution in [0.15, 0.2) is 36.5 Å². The summed E-state index contributed by atoms with van der Waals surface area (Å²) < 4.78 is 28.3. The predicted octanol–water partition coefficient (Wildman–Crippen LogP) is 0.954. The van der Waals surface area contributed by atoms with Crippen molar-refractivity contribution in [1.29, 1.82) is 5.26 Å². The summed E-state index contributed by atoms with van der Waals surface area (Å²) in [5.74, 6) is -0.192. The fraction of sp³-hybridized carbons (Fsp3) is 0.286. The Hall–Kier alpha value is -2.17. The normalized spacial score (nSPS) is 11.2. The molecule has 0 saturated carbocycles. The molecule has 110 valence electrons. The van der Waals surface area contributed by atoms with Crippen LogP contribution in [0.5, 0.6) is 0 Å². The predicted molar refractivity (Wildman–Crippen MR) is 78.7 cm³/mol. The number of hydrogen-bond donors (Lipinski definition) is 1. The SMILES string of the molecule is Cn1nccc1CCNS(=O)(=O)Cc1ccccc1C#N. The first-order valence-electron chi connectivity index (χ1n) is 6.44. The van der Waals surface area contributed by atoms with Crippen LogP contribution in [0.25, 0.3) is 0 Å². The van der Waals surface area contributed by atoms with E-state index in [9.17, 15) is 8.42 Å². The number of sulfonamides is 1. The summed E-state index contributed by atoms with van der Waals surface area (Å²) in [4.78, 5) is 0. The smallest absolute Gasteiger partial charge is 0.215 e. The molecule has 6 nitrogen and oxygen atoms in total. The second-order valence-electron chi connectivity index (χ2n) is 4.62. The number of nitriles is 1. The molecule has 0 aliphatic heterocycles. The zero-order valence-corrected chi connectivity index (χ0v) is 12.5. The largest absolute Gasteiger partial charge is 0.273 e. The van der Waals surface area contributed by atoms with Gasteiger partial charge in [-0.3, -0.25) is 4.68 Å². The number of aryl methyl sites for hydroxylation is 1. The van der Waals surface area contributed by atoms with Crippen LogP contribution in [0.1, 0.15) is 16.8 Å². The van der Waals surface area contributed by atoms with Crippen molar-refractivity contribution < 1.29 is 8.42 Å².